The molecule has 1 N–H and O–H groups in total. The van der Waals surface area contributed by atoms with E-state index in [1.807, 2.05) is 0 Å². The summed E-state index contributed by atoms with van der Waals surface area (Å²) in [7, 11) is 0. The molecule has 0 radical (unpaired) electrons. The van der Waals surface area contributed by atoms with Crippen molar-refractivity contribution in [1.82, 2.24) is 9.78 Å². The molecular weight excluding hydrogens is 343 g/mol. The second-order valence-corrected chi connectivity index (χ2v) is 5.74. The minimum atomic E-state index is -0.468. The fourth-order valence-electron chi connectivity index (χ4n) is 2.17. The zero-order chi connectivity index (χ0) is 17.1. The minimum Gasteiger partial charge on any atom is -0.326 e. The third kappa shape index (κ3) is 4.00. The van der Waals surface area contributed by atoms with Gasteiger partial charge >= 0.3 is 5.69 Å². The van der Waals surface area contributed by atoms with Gasteiger partial charge in [0, 0.05) is 12.1 Å². The number of hydrogen-bond donors (Lipinski definition) is 1. The van der Waals surface area contributed by atoms with Crippen LogP contribution in [-0.2, 0) is 11.3 Å². The molecule has 0 aliphatic heterocycles. The highest BCUT2D eigenvalue weighted by molar-refractivity contribution is 6.42. The summed E-state index contributed by atoms with van der Waals surface area (Å²) in [6, 6.07) is 4.78. The van der Waals surface area contributed by atoms with Crippen LogP contribution >= 0.6 is 23.2 Å². The summed E-state index contributed by atoms with van der Waals surface area (Å²) in [4.78, 5) is 22.4. The van der Waals surface area contributed by atoms with E-state index in [0.717, 1.165) is 0 Å². The Labute approximate surface area is 142 Å². The van der Waals surface area contributed by atoms with E-state index in [2.05, 4.69) is 10.4 Å². The number of anilines is 1. The number of nitro groups is 1. The molecule has 9 heteroatoms. The van der Waals surface area contributed by atoms with Gasteiger partial charge in [0.25, 0.3) is 0 Å². The topological polar surface area (TPSA) is 90.1 Å². The molecule has 0 spiro atoms. The summed E-state index contributed by atoms with van der Waals surface area (Å²) in [6.07, 6.45) is 0.124. The molecule has 0 aliphatic rings. The monoisotopic (exact) mass is 356 g/mol. The molecular formula is C14H14Cl2N4O3. The lowest BCUT2D eigenvalue weighted by molar-refractivity contribution is -0.386. The van der Waals surface area contributed by atoms with E-state index in [-0.39, 0.29) is 24.6 Å². The average molecular weight is 357 g/mol. The fraction of sp³-hybridized carbons (Fsp3) is 0.286. The van der Waals surface area contributed by atoms with Crippen molar-refractivity contribution in [2.45, 2.75) is 26.8 Å². The zero-order valence-corrected chi connectivity index (χ0v) is 14.0. The number of nitrogens with zero attached hydrogens (tertiary/aromatic N) is 3. The highest BCUT2D eigenvalue weighted by Crippen LogP contribution is 2.25. The summed E-state index contributed by atoms with van der Waals surface area (Å²) in [6.45, 7) is 3.42. The molecule has 122 valence electrons. The van der Waals surface area contributed by atoms with Crippen LogP contribution in [0.1, 0.15) is 17.8 Å². The van der Waals surface area contributed by atoms with E-state index in [9.17, 15) is 14.9 Å². The molecule has 7 nitrogen and oxygen atoms in total. The molecule has 2 rings (SSSR count). The van der Waals surface area contributed by atoms with Gasteiger partial charge in [0.1, 0.15) is 11.4 Å². The molecule has 2 aromatic rings. The largest absolute Gasteiger partial charge is 0.326 e. The molecule has 0 bridgehead atoms. The average Bonchev–Trinajstić information content (AvgIpc) is 2.75. The van der Waals surface area contributed by atoms with Crippen molar-refractivity contribution in [3.63, 3.8) is 0 Å². The number of nitrogens with one attached hydrogen (secondary N) is 1. The molecule has 0 saturated carbocycles. The van der Waals surface area contributed by atoms with Crippen LogP contribution in [0.3, 0.4) is 0 Å². The van der Waals surface area contributed by atoms with Crippen molar-refractivity contribution in [1.29, 1.82) is 0 Å². The van der Waals surface area contributed by atoms with Crippen molar-refractivity contribution in [3.8, 4) is 0 Å². The van der Waals surface area contributed by atoms with Crippen LogP contribution in [0, 0.1) is 24.0 Å². The first-order chi connectivity index (χ1) is 10.8. The van der Waals surface area contributed by atoms with Gasteiger partial charge in [-0.2, -0.15) is 5.10 Å². The molecule has 0 aliphatic carbocycles. The van der Waals surface area contributed by atoms with E-state index >= 15 is 0 Å². The maximum atomic E-state index is 12.0. The standard InChI is InChI=1S/C14H14Cl2N4O3/c1-8-14(20(22)23)9(2)19(18-8)6-5-13(21)17-10-3-4-11(15)12(16)7-10/h3-4,7H,5-6H2,1-2H3,(H,17,21). The van der Waals surface area contributed by atoms with Crippen LogP contribution in [0.15, 0.2) is 18.2 Å². The van der Waals surface area contributed by atoms with Crippen molar-refractivity contribution in [2.75, 3.05) is 5.32 Å². The van der Waals surface area contributed by atoms with Gasteiger partial charge in [-0.05, 0) is 32.0 Å². The van der Waals surface area contributed by atoms with Crippen LogP contribution in [0.5, 0.6) is 0 Å². The number of hydrogen-bond acceptors (Lipinski definition) is 4. The van der Waals surface area contributed by atoms with Crippen LogP contribution in [0.2, 0.25) is 10.0 Å². The van der Waals surface area contributed by atoms with Gasteiger partial charge in [-0.25, -0.2) is 0 Å². The smallest absolute Gasteiger partial charge is 0.312 e. The third-order valence-corrected chi connectivity index (χ3v) is 4.02. The highest BCUT2D eigenvalue weighted by atomic mass is 35.5. The lowest BCUT2D eigenvalue weighted by Crippen LogP contribution is -2.15. The van der Waals surface area contributed by atoms with Crippen LogP contribution in [0.4, 0.5) is 11.4 Å². The maximum absolute atomic E-state index is 12.0. The van der Waals surface area contributed by atoms with Crippen LogP contribution in [0.25, 0.3) is 0 Å². The first-order valence-corrected chi connectivity index (χ1v) is 7.48. The number of aromatic nitrogens is 2. The molecule has 0 saturated heterocycles. The second kappa shape index (κ2) is 6.97. The maximum Gasteiger partial charge on any atom is 0.312 e. The second-order valence-electron chi connectivity index (χ2n) is 4.93. The third-order valence-electron chi connectivity index (χ3n) is 3.28. The molecule has 1 aromatic heterocycles. The Morgan fingerprint density at radius 1 is 1.35 bits per heavy atom. The van der Waals surface area contributed by atoms with E-state index in [0.29, 0.717) is 27.1 Å². The van der Waals surface area contributed by atoms with Crippen molar-refractivity contribution < 1.29 is 9.72 Å². The summed E-state index contributed by atoms with van der Waals surface area (Å²) < 4.78 is 1.46. The Bertz CT molecular complexity index is 774. The first kappa shape index (κ1) is 17.2. The lowest BCUT2D eigenvalue weighted by Gasteiger charge is -2.07. The molecule has 0 fully saturated rings. The first-order valence-electron chi connectivity index (χ1n) is 6.73. The Kier molecular flexibility index (Phi) is 5.23. The van der Waals surface area contributed by atoms with Gasteiger partial charge in [0.15, 0.2) is 0 Å². The molecule has 1 amide bonds. The lowest BCUT2D eigenvalue weighted by atomic mass is 10.3. The van der Waals surface area contributed by atoms with Gasteiger partial charge in [-0.15, -0.1) is 0 Å². The summed E-state index contributed by atoms with van der Waals surface area (Å²) in [5.74, 6) is -0.251. The van der Waals surface area contributed by atoms with Crippen molar-refractivity contribution in [2.24, 2.45) is 0 Å². The quantitative estimate of drug-likeness (QED) is 0.652. The predicted octanol–water partition coefficient (Wildman–Crippen LogP) is 3.74. The van der Waals surface area contributed by atoms with Gasteiger partial charge in [-0.1, -0.05) is 23.2 Å². The van der Waals surface area contributed by atoms with Gasteiger partial charge in [0.05, 0.1) is 21.5 Å². The summed E-state index contributed by atoms with van der Waals surface area (Å²) in [5.41, 5.74) is 1.27. The normalized spacial score (nSPS) is 10.6. The Morgan fingerprint density at radius 3 is 2.61 bits per heavy atom. The van der Waals surface area contributed by atoms with E-state index in [1.165, 1.54) is 4.68 Å². The molecule has 23 heavy (non-hydrogen) atoms. The number of benzene rings is 1. The number of carbonyl (C=O) groups is 1. The van der Waals surface area contributed by atoms with Crippen LogP contribution in [-0.4, -0.2) is 20.6 Å². The zero-order valence-electron chi connectivity index (χ0n) is 12.5. The predicted molar refractivity (Wildman–Crippen MR) is 88.1 cm³/mol. The number of rotatable bonds is 5. The molecule has 0 unspecified atom stereocenters. The number of carbonyl (C=O) groups excluding carboxylic acids is 1. The SMILES string of the molecule is Cc1nn(CCC(=O)Nc2ccc(Cl)c(Cl)c2)c(C)c1[N+](=O)[O-]. The molecule has 1 aromatic carbocycles. The van der Waals surface area contributed by atoms with Gasteiger partial charge in [0.2, 0.25) is 5.91 Å². The van der Waals surface area contributed by atoms with Crippen molar-refractivity contribution >= 4 is 40.5 Å². The highest BCUT2D eigenvalue weighted by Gasteiger charge is 2.21. The Balaban J connectivity index is 2.01. The number of aryl methyl sites for hydroxylation is 2. The Morgan fingerprint density at radius 2 is 2.04 bits per heavy atom. The number of halogens is 2. The van der Waals surface area contributed by atoms with E-state index in [1.54, 1.807) is 32.0 Å². The fourth-order valence-corrected chi connectivity index (χ4v) is 2.47. The molecule has 1 heterocycles. The van der Waals surface area contributed by atoms with Gasteiger partial charge in [-0.3, -0.25) is 19.6 Å². The van der Waals surface area contributed by atoms with Crippen molar-refractivity contribution in [3.05, 3.63) is 49.7 Å². The Hall–Kier alpha value is -2.12. The summed E-state index contributed by atoms with van der Waals surface area (Å²) in [5, 5.41) is 18.5. The van der Waals surface area contributed by atoms with E-state index < -0.39 is 4.92 Å². The van der Waals surface area contributed by atoms with Gasteiger partial charge < -0.3 is 5.32 Å². The van der Waals surface area contributed by atoms with Crippen LogP contribution < -0.4 is 5.32 Å². The number of amides is 1. The summed E-state index contributed by atoms with van der Waals surface area (Å²) >= 11 is 11.7. The minimum absolute atomic E-state index is 0.0186. The van der Waals surface area contributed by atoms with E-state index in [4.69, 9.17) is 23.2 Å². The molecule has 0 atom stereocenters.